The Balaban J connectivity index is 1.74. The Morgan fingerprint density at radius 3 is 2.79 bits per heavy atom. The van der Waals surface area contributed by atoms with Crippen molar-refractivity contribution in [2.24, 2.45) is 28.6 Å². The molecule has 0 aliphatic heterocycles. The van der Waals surface area contributed by atoms with Crippen LogP contribution in [0.15, 0.2) is 23.8 Å². The van der Waals surface area contributed by atoms with Gasteiger partial charge in [0.05, 0.1) is 0 Å². The molecule has 0 spiro atoms. The standard InChI is InChI=1S/C22H28O2/c1-5-22(24)14(2)12-19-17-7-6-15-13-16(23)8-10-20(15,3)18(17)9-11-21(19,22)4/h1,6,17-19,24H,2,7-13H2,3-4H3/t17-,18+,19+,20+,21+,22+/m1/s1. The molecule has 0 aromatic heterocycles. The topological polar surface area (TPSA) is 37.3 Å². The van der Waals surface area contributed by atoms with Gasteiger partial charge in [-0.2, -0.15) is 0 Å². The molecule has 128 valence electrons. The number of fused-ring (bicyclic) bond motifs is 5. The summed E-state index contributed by atoms with van der Waals surface area (Å²) in [5.41, 5.74) is 0.961. The number of carbonyl (C=O) groups excluding carboxylic acids is 1. The average molecular weight is 324 g/mol. The normalized spacial score (nSPS) is 50.4. The molecule has 3 fully saturated rings. The fourth-order valence-corrected chi connectivity index (χ4v) is 6.71. The predicted octanol–water partition coefficient (Wildman–Crippen LogP) is 4.05. The maximum absolute atomic E-state index is 11.9. The highest BCUT2D eigenvalue weighted by Crippen LogP contribution is 2.67. The lowest BCUT2D eigenvalue weighted by Crippen LogP contribution is -2.54. The molecule has 4 aliphatic carbocycles. The molecule has 0 bridgehead atoms. The van der Waals surface area contributed by atoms with Crippen LogP contribution in [0, 0.1) is 40.9 Å². The van der Waals surface area contributed by atoms with Crippen molar-refractivity contribution in [2.45, 2.75) is 64.4 Å². The van der Waals surface area contributed by atoms with E-state index < -0.39 is 5.60 Å². The highest BCUT2D eigenvalue weighted by molar-refractivity contribution is 5.82. The Bertz CT molecular complexity index is 695. The van der Waals surface area contributed by atoms with Gasteiger partial charge in [-0.05, 0) is 60.8 Å². The van der Waals surface area contributed by atoms with Gasteiger partial charge in [-0.25, -0.2) is 0 Å². The summed E-state index contributed by atoms with van der Waals surface area (Å²) in [5, 5.41) is 11.1. The van der Waals surface area contributed by atoms with Gasteiger partial charge in [0.15, 0.2) is 5.60 Å². The molecule has 0 unspecified atom stereocenters. The first-order chi connectivity index (χ1) is 11.3. The van der Waals surface area contributed by atoms with E-state index in [0.717, 1.165) is 44.1 Å². The van der Waals surface area contributed by atoms with Gasteiger partial charge in [-0.15, -0.1) is 6.42 Å². The van der Waals surface area contributed by atoms with Gasteiger partial charge in [0, 0.05) is 18.3 Å². The summed E-state index contributed by atoms with van der Waals surface area (Å²) in [6.45, 7) is 8.70. The molecule has 0 heterocycles. The molecule has 0 radical (unpaired) electrons. The lowest BCUT2D eigenvalue weighted by Gasteiger charge is -2.57. The van der Waals surface area contributed by atoms with E-state index in [1.165, 1.54) is 5.57 Å². The van der Waals surface area contributed by atoms with Gasteiger partial charge in [-0.1, -0.05) is 38.0 Å². The van der Waals surface area contributed by atoms with Crippen molar-refractivity contribution in [3.8, 4) is 12.3 Å². The molecule has 0 aromatic rings. The molecule has 4 aliphatic rings. The molecule has 0 saturated heterocycles. The molecule has 2 heteroatoms. The van der Waals surface area contributed by atoms with Gasteiger partial charge in [0.2, 0.25) is 0 Å². The molecule has 6 atom stereocenters. The molecule has 1 N–H and O–H groups in total. The summed E-state index contributed by atoms with van der Waals surface area (Å²) >= 11 is 0. The Labute approximate surface area is 145 Å². The molecular weight excluding hydrogens is 296 g/mol. The first-order valence-corrected chi connectivity index (χ1v) is 9.36. The van der Waals surface area contributed by atoms with Crippen molar-refractivity contribution in [1.82, 2.24) is 0 Å². The monoisotopic (exact) mass is 324 g/mol. The number of rotatable bonds is 0. The minimum absolute atomic E-state index is 0.163. The Kier molecular flexibility index (Phi) is 3.27. The summed E-state index contributed by atoms with van der Waals surface area (Å²) in [7, 11) is 0. The van der Waals surface area contributed by atoms with Crippen molar-refractivity contribution < 1.29 is 9.90 Å². The average Bonchev–Trinajstić information content (AvgIpc) is 2.76. The van der Waals surface area contributed by atoms with Crippen LogP contribution in [0.2, 0.25) is 0 Å². The Morgan fingerprint density at radius 2 is 2.08 bits per heavy atom. The van der Waals surface area contributed by atoms with Crippen molar-refractivity contribution in [1.29, 1.82) is 0 Å². The van der Waals surface area contributed by atoms with E-state index in [1.807, 2.05) is 0 Å². The zero-order chi connectivity index (χ0) is 17.3. The highest BCUT2D eigenvalue weighted by atomic mass is 16.3. The fourth-order valence-electron chi connectivity index (χ4n) is 6.71. The molecule has 2 nitrogen and oxygen atoms in total. The minimum atomic E-state index is -1.16. The van der Waals surface area contributed by atoms with Crippen LogP contribution in [-0.2, 0) is 4.79 Å². The van der Waals surface area contributed by atoms with Crippen LogP contribution >= 0.6 is 0 Å². The van der Waals surface area contributed by atoms with Gasteiger partial charge < -0.3 is 5.11 Å². The predicted molar refractivity (Wildman–Crippen MR) is 95.0 cm³/mol. The number of ketones is 1. The third-order valence-corrected chi connectivity index (χ3v) is 8.34. The second-order valence-electron chi connectivity index (χ2n) is 9.09. The molecule has 24 heavy (non-hydrogen) atoms. The molecule has 0 aromatic carbocycles. The number of aliphatic hydroxyl groups is 1. The van der Waals surface area contributed by atoms with Crippen molar-refractivity contribution in [2.75, 3.05) is 0 Å². The van der Waals surface area contributed by atoms with E-state index in [9.17, 15) is 9.90 Å². The van der Waals surface area contributed by atoms with Crippen LogP contribution in [0.4, 0.5) is 0 Å². The van der Waals surface area contributed by atoms with E-state index in [-0.39, 0.29) is 10.8 Å². The Morgan fingerprint density at radius 1 is 1.33 bits per heavy atom. The van der Waals surface area contributed by atoms with E-state index in [2.05, 4.69) is 32.4 Å². The summed E-state index contributed by atoms with van der Waals surface area (Å²) in [6.07, 6.45) is 14.4. The molecular formula is C22H28O2. The quantitative estimate of drug-likeness (QED) is 0.539. The van der Waals surface area contributed by atoms with Gasteiger partial charge in [0.25, 0.3) is 0 Å². The van der Waals surface area contributed by atoms with Crippen LogP contribution in [0.1, 0.15) is 58.8 Å². The van der Waals surface area contributed by atoms with Gasteiger partial charge >= 0.3 is 0 Å². The van der Waals surface area contributed by atoms with Crippen LogP contribution in [0.25, 0.3) is 0 Å². The van der Waals surface area contributed by atoms with Gasteiger partial charge in [-0.3, -0.25) is 4.79 Å². The summed E-state index contributed by atoms with van der Waals surface area (Å²) < 4.78 is 0. The van der Waals surface area contributed by atoms with Crippen molar-refractivity contribution >= 4 is 5.78 Å². The van der Waals surface area contributed by atoms with Crippen LogP contribution < -0.4 is 0 Å². The van der Waals surface area contributed by atoms with Crippen LogP contribution in [0.3, 0.4) is 0 Å². The number of hydrogen-bond donors (Lipinski definition) is 1. The molecule has 0 amide bonds. The van der Waals surface area contributed by atoms with E-state index in [1.54, 1.807) is 0 Å². The van der Waals surface area contributed by atoms with E-state index >= 15 is 0 Å². The van der Waals surface area contributed by atoms with Crippen LogP contribution in [0.5, 0.6) is 0 Å². The van der Waals surface area contributed by atoms with E-state index in [0.29, 0.717) is 30.0 Å². The lowest BCUT2D eigenvalue weighted by molar-refractivity contribution is -0.123. The van der Waals surface area contributed by atoms with Crippen molar-refractivity contribution in [3.05, 3.63) is 23.8 Å². The summed E-state index contributed by atoms with van der Waals surface area (Å²) in [5.74, 6) is 4.64. The zero-order valence-electron chi connectivity index (χ0n) is 14.9. The summed E-state index contributed by atoms with van der Waals surface area (Å²) in [6, 6.07) is 0. The van der Waals surface area contributed by atoms with Crippen LogP contribution in [-0.4, -0.2) is 16.5 Å². The third-order valence-electron chi connectivity index (χ3n) is 8.34. The Hall–Kier alpha value is -1.33. The second kappa shape index (κ2) is 4.85. The number of terminal acetylenes is 1. The number of hydrogen-bond acceptors (Lipinski definition) is 2. The SMILES string of the molecule is C#C[C@]1(O)C(=C)C[C@H]2[C@@H]3CC=C4CC(=O)CC[C@]4(C)[C@H]3CC[C@@]21C. The highest BCUT2D eigenvalue weighted by Gasteiger charge is 2.64. The van der Waals surface area contributed by atoms with Crippen molar-refractivity contribution in [3.63, 3.8) is 0 Å². The first-order valence-electron chi connectivity index (χ1n) is 9.36. The fraction of sp³-hybridized carbons (Fsp3) is 0.682. The largest absolute Gasteiger partial charge is 0.373 e. The van der Waals surface area contributed by atoms with Gasteiger partial charge in [0.1, 0.15) is 5.78 Å². The van der Waals surface area contributed by atoms with E-state index in [4.69, 9.17) is 6.42 Å². The number of allylic oxidation sites excluding steroid dienone is 2. The second-order valence-corrected chi connectivity index (χ2v) is 9.09. The molecule has 3 saturated carbocycles. The number of Topliss-reactive ketones (excluding diaryl/α,β-unsaturated/α-hetero) is 1. The lowest BCUT2D eigenvalue weighted by atomic mass is 9.47. The number of carbonyl (C=O) groups is 1. The smallest absolute Gasteiger partial charge is 0.152 e. The first kappa shape index (κ1) is 16.2. The third kappa shape index (κ3) is 1.75. The maximum Gasteiger partial charge on any atom is 0.152 e. The minimum Gasteiger partial charge on any atom is -0.373 e. The summed E-state index contributed by atoms with van der Waals surface area (Å²) in [4.78, 5) is 11.9. The maximum atomic E-state index is 11.9. The molecule has 4 rings (SSSR count). The zero-order valence-corrected chi connectivity index (χ0v) is 14.9.